The zero-order valence-corrected chi connectivity index (χ0v) is 27.7. The molecule has 0 aromatic heterocycles. The topological polar surface area (TPSA) is 131 Å². The predicted molar refractivity (Wildman–Crippen MR) is 178 cm³/mol. The van der Waals surface area contributed by atoms with Crippen LogP contribution in [0.5, 0.6) is 0 Å². The Morgan fingerprint density at radius 1 is 0.727 bits per heavy atom. The molecule has 0 aliphatic heterocycles. The third-order valence-corrected chi connectivity index (χ3v) is 6.90. The van der Waals surface area contributed by atoms with Crippen molar-refractivity contribution in [1.82, 2.24) is 5.32 Å². The number of allylic oxidation sites excluding steroid dienone is 12. The first-order chi connectivity index (χ1) is 21.3. The average molecular weight is 638 g/mol. The smallest absolute Gasteiger partial charge is 0.463 e. The van der Waals surface area contributed by atoms with Crippen LogP contribution < -0.4 is 5.32 Å². The summed E-state index contributed by atoms with van der Waals surface area (Å²) in [4.78, 5) is 33.2. The van der Waals surface area contributed by atoms with Crippen molar-refractivity contribution >= 4 is 19.7 Å². The highest BCUT2D eigenvalue weighted by Crippen LogP contribution is 2.42. The lowest BCUT2D eigenvalue weighted by molar-refractivity contribution is -0.147. The van der Waals surface area contributed by atoms with Gasteiger partial charge in [0.25, 0.3) is 0 Å². The average Bonchev–Trinajstić information content (AvgIpc) is 3.00. The zero-order chi connectivity index (χ0) is 32.6. The molecule has 0 aliphatic rings. The Hall–Kier alpha value is -2.55. The summed E-state index contributed by atoms with van der Waals surface area (Å²) in [5.41, 5.74) is 0. The zero-order valence-electron chi connectivity index (χ0n) is 26.8. The minimum atomic E-state index is -4.42. The predicted octanol–water partition coefficient (Wildman–Crippen LogP) is 7.59. The number of esters is 1. The van der Waals surface area contributed by atoms with E-state index < -0.39 is 26.5 Å². The maximum Gasteiger partial charge on any atom is 0.472 e. The molecule has 9 nitrogen and oxygen atoms in total. The summed E-state index contributed by atoms with van der Waals surface area (Å²) in [7, 11) is -4.42. The maximum absolute atomic E-state index is 11.9. The lowest BCUT2D eigenvalue weighted by Crippen LogP contribution is -2.27. The largest absolute Gasteiger partial charge is 0.472 e. The van der Waals surface area contributed by atoms with E-state index in [1.807, 2.05) is 12.2 Å². The number of phosphoric ester groups is 1. The number of nitrogens with one attached hydrogen (secondary N) is 1. The second kappa shape index (κ2) is 30.5. The van der Waals surface area contributed by atoms with E-state index in [9.17, 15) is 24.2 Å². The summed E-state index contributed by atoms with van der Waals surface area (Å²) in [6.07, 6.45) is 34.8. The Kier molecular flexibility index (Phi) is 28.7. The molecule has 44 heavy (non-hydrogen) atoms. The SMILES string of the molecule is CC/C=C\C/C=C\C/C=C\C/C=C\C/C=C\C/C=C\CCC(=O)NCCOP(=O)(O)OCC(O)COC(=O)CCCCCC. The van der Waals surface area contributed by atoms with Gasteiger partial charge in [-0.05, 0) is 51.4 Å². The summed E-state index contributed by atoms with van der Waals surface area (Å²) in [5.74, 6) is -0.631. The van der Waals surface area contributed by atoms with E-state index in [1.165, 1.54) is 0 Å². The first-order valence-electron chi connectivity index (χ1n) is 15.9. The molecule has 0 saturated heterocycles. The van der Waals surface area contributed by atoms with Crippen LogP contribution in [0.25, 0.3) is 0 Å². The van der Waals surface area contributed by atoms with Gasteiger partial charge in [0.05, 0.1) is 13.2 Å². The molecule has 10 heteroatoms. The molecule has 0 rings (SSSR count). The number of ether oxygens (including phenoxy) is 1. The molecule has 0 aromatic carbocycles. The number of rotatable bonds is 28. The van der Waals surface area contributed by atoms with Gasteiger partial charge in [-0.3, -0.25) is 18.6 Å². The fourth-order valence-electron chi connectivity index (χ4n) is 3.52. The van der Waals surface area contributed by atoms with Crippen LogP contribution in [0, 0.1) is 0 Å². The first kappa shape index (κ1) is 41.4. The molecule has 0 radical (unpaired) electrons. The molecule has 0 bridgehead atoms. The molecule has 1 amide bonds. The Bertz CT molecular complexity index is 955. The first-order valence-corrected chi connectivity index (χ1v) is 17.4. The molecule has 0 spiro atoms. The minimum absolute atomic E-state index is 0.0364. The Morgan fingerprint density at radius 2 is 1.27 bits per heavy atom. The van der Waals surface area contributed by atoms with Gasteiger partial charge in [-0.2, -0.15) is 0 Å². The van der Waals surface area contributed by atoms with Gasteiger partial charge >= 0.3 is 13.8 Å². The van der Waals surface area contributed by atoms with Crippen molar-refractivity contribution in [1.29, 1.82) is 0 Å². The molecule has 0 aliphatic carbocycles. The van der Waals surface area contributed by atoms with Gasteiger partial charge < -0.3 is 20.1 Å². The monoisotopic (exact) mass is 637 g/mol. The van der Waals surface area contributed by atoms with Crippen LogP contribution >= 0.6 is 7.82 Å². The Labute approximate surface area is 265 Å². The molecule has 250 valence electrons. The van der Waals surface area contributed by atoms with Gasteiger partial charge in [0.2, 0.25) is 5.91 Å². The third kappa shape index (κ3) is 30.9. The highest BCUT2D eigenvalue weighted by atomic mass is 31.2. The Balaban J connectivity index is 3.79. The van der Waals surface area contributed by atoms with Crippen LogP contribution in [-0.2, 0) is 27.9 Å². The van der Waals surface area contributed by atoms with Crippen LogP contribution in [-0.4, -0.2) is 54.3 Å². The van der Waals surface area contributed by atoms with Gasteiger partial charge in [0.1, 0.15) is 12.7 Å². The number of hydrogen-bond acceptors (Lipinski definition) is 7. The summed E-state index contributed by atoms with van der Waals surface area (Å²) in [5, 5.41) is 12.4. The minimum Gasteiger partial charge on any atom is -0.463 e. The van der Waals surface area contributed by atoms with E-state index in [0.717, 1.165) is 64.2 Å². The number of hydrogen-bond donors (Lipinski definition) is 3. The molecule has 2 unspecified atom stereocenters. The molecule has 2 atom stereocenters. The van der Waals surface area contributed by atoms with Gasteiger partial charge in [0, 0.05) is 19.4 Å². The Morgan fingerprint density at radius 3 is 1.82 bits per heavy atom. The van der Waals surface area contributed by atoms with E-state index in [2.05, 4.69) is 79.9 Å². The maximum atomic E-state index is 11.9. The highest BCUT2D eigenvalue weighted by molar-refractivity contribution is 7.47. The van der Waals surface area contributed by atoms with Gasteiger partial charge in [-0.15, -0.1) is 0 Å². The van der Waals surface area contributed by atoms with E-state index in [1.54, 1.807) is 0 Å². The van der Waals surface area contributed by atoms with Crippen LogP contribution in [0.1, 0.15) is 97.3 Å². The lowest BCUT2D eigenvalue weighted by atomic mass is 10.2. The number of unbranched alkanes of at least 4 members (excludes halogenated alkanes) is 3. The van der Waals surface area contributed by atoms with Crippen molar-refractivity contribution < 1.29 is 37.9 Å². The van der Waals surface area contributed by atoms with Crippen molar-refractivity contribution in [2.24, 2.45) is 0 Å². The van der Waals surface area contributed by atoms with Gasteiger partial charge in [0.15, 0.2) is 0 Å². The van der Waals surface area contributed by atoms with Crippen LogP contribution in [0.3, 0.4) is 0 Å². The summed E-state index contributed by atoms with van der Waals surface area (Å²) in [6.45, 7) is 3.15. The van der Waals surface area contributed by atoms with Crippen molar-refractivity contribution in [2.45, 2.75) is 103 Å². The van der Waals surface area contributed by atoms with E-state index >= 15 is 0 Å². The number of amides is 1. The highest BCUT2D eigenvalue weighted by Gasteiger charge is 2.23. The molecular weight excluding hydrogens is 581 g/mol. The second-order valence-electron chi connectivity index (χ2n) is 10.0. The number of aliphatic hydroxyl groups is 1. The summed E-state index contributed by atoms with van der Waals surface area (Å²) < 4.78 is 26.4. The quantitative estimate of drug-likeness (QED) is 0.0346. The standard InChI is InChI=1S/C34H56NO8P/c1-3-5-7-9-10-11-12-13-14-15-16-17-18-19-20-21-22-23-24-26-33(37)35-28-29-42-44(39,40)43-31-32(36)30-41-34(38)27-25-8-6-4-2/h5,7,10-11,13-14,16-17,19-20,22-23,32,36H,3-4,6,8-9,12,15,18,21,24-31H2,1-2H3,(H,35,37)(H,39,40)/b7-5-,11-10-,14-13-,17-16-,20-19-,23-22-. The molecule has 0 saturated carbocycles. The fraction of sp³-hybridized carbons (Fsp3) is 0.588. The van der Waals surface area contributed by atoms with Crippen molar-refractivity contribution in [3.05, 3.63) is 72.9 Å². The van der Waals surface area contributed by atoms with E-state index in [0.29, 0.717) is 12.8 Å². The van der Waals surface area contributed by atoms with Gasteiger partial charge in [-0.25, -0.2) is 4.57 Å². The van der Waals surface area contributed by atoms with Crippen molar-refractivity contribution in [2.75, 3.05) is 26.4 Å². The van der Waals surface area contributed by atoms with E-state index in [-0.39, 0.29) is 32.1 Å². The van der Waals surface area contributed by atoms with Crippen molar-refractivity contribution in [3.8, 4) is 0 Å². The molecule has 0 fully saturated rings. The second-order valence-corrected chi connectivity index (χ2v) is 11.5. The normalized spacial score (nSPS) is 14.5. The molecular formula is C34H56NO8P. The third-order valence-electron chi connectivity index (χ3n) is 5.91. The van der Waals surface area contributed by atoms with Gasteiger partial charge in [-0.1, -0.05) is 106 Å². The number of phosphoric acid groups is 1. The number of carbonyl (C=O) groups excluding carboxylic acids is 2. The molecule has 0 heterocycles. The summed E-state index contributed by atoms with van der Waals surface area (Å²) >= 11 is 0. The summed E-state index contributed by atoms with van der Waals surface area (Å²) in [6, 6.07) is 0. The van der Waals surface area contributed by atoms with Crippen LogP contribution in [0.2, 0.25) is 0 Å². The number of aliphatic hydroxyl groups excluding tert-OH is 1. The van der Waals surface area contributed by atoms with Crippen molar-refractivity contribution in [3.63, 3.8) is 0 Å². The van der Waals surface area contributed by atoms with E-state index in [4.69, 9.17) is 13.8 Å². The molecule has 3 N–H and O–H groups in total. The van der Waals surface area contributed by atoms with Crippen LogP contribution in [0.4, 0.5) is 0 Å². The fourth-order valence-corrected chi connectivity index (χ4v) is 4.27. The lowest BCUT2D eigenvalue weighted by Gasteiger charge is -2.15. The van der Waals surface area contributed by atoms with Crippen LogP contribution in [0.15, 0.2) is 72.9 Å². The molecule has 0 aromatic rings. The number of carbonyl (C=O) groups is 2.